The van der Waals surface area contributed by atoms with Gasteiger partial charge in [-0.2, -0.15) is 12.6 Å². The first-order chi connectivity index (χ1) is 26.7. The summed E-state index contributed by atoms with van der Waals surface area (Å²) in [5, 5.41) is 13.3. The molecule has 292 valence electrons. The van der Waals surface area contributed by atoms with Crippen LogP contribution in [0.15, 0.2) is 53.7 Å². The number of allylic oxidation sites excluding steroid dienone is 5. The molecule has 0 bridgehead atoms. The number of nitrogens with one attached hydrogen (secondary N) is 3. The molecule has 4 N–H and O–H groups in total. The number of aliphatic hydroxyl groups excluding tert-OH is 1. The number of likely N-dealkylation sites (tertiary alicyclic amines) is 1. The summed E-state index contributed by atoms with van der Waals surface area (Å²) < 4.78 is 28.6. The Bertz CT molecular complexity index is 2070. The number of aliphatic hydroxyl groups is 1. The number of thiophene rings is 1. The van der Waals surface area contributed by atoms with Gasteiger partial charge < -0.3 is 34.8 Å². The summed E-state index contributed by atoms with van der Waals surface area (Å²) in [6, 6.07) is 5.82. The van der Waals surface area contributed by atoms with E-state index in [9.17, 15) is 9.90 Å². The quantitative estimate of drug-likeness (QED) is 0.117. The highest BCUT2D eigenvalue weighted by molar-refractivity contribution is 7.80. The van der Waals surface area contributed by atoms with Crippen molar-refractivity contribution in [3.8, 4) is 0 Å². The van der Waals surface area contributed by atoms with E-state index in [-0.39, 0.29) is 45.4 Å². The van der Waals surface area contributed by atoms with E-state index in [1.54, 1.807) is 0 Å². The van der Waals surface area contributed by atoms with Gasteiger partial charge in [0, 0.05) is 73.4 Å². The van der Waals surface area contributed by atoms with E-state index >= 15 is 4.39 Å². The van der Waals surface area contributed by atoms with E-state index in [1.165, 1.54) is 52.8 Å². The number of rotatable bonds is 10. The van der Waals surface area contributed by atoms with Crippen LogP contribution in [0.1, 0.15) is 120 Å². The minimum atomic E-state index is -1.14. The van der Waals surface area contributed by atoms with Crippen LogP contribution in [0, 0.1) is 5.92 Å². The third-order valence-electron chi connectivity index (χ3n) is 13.3. The fraction of sp³-hybridized carbons (Fsp3) is 0.575. The molecule has 15 heteroatoms. The van der Waals surface area contributed by atoms with E-state index in [2.05, 4.69) is 56.1 Å². The van der Waals surface area contributed by atoms with Crippen LogP contribution in [0.4, 0.5) is 9.18 Å². The molecule has 7 heterocycles. The lowest BCUT2D eigenvalue weighted by Gasteiger charge is -2.45. The zero-order valence-electron chi connectivity index (χ0n) is 31.3. The van der Waals surface area contributed by atoms with Crippen molar-refractivity contribution in [2.24, 2.45) is 5.92 Å². The summed E-state index contributed by atoms with van der Waals surface area (Å²) in [6.45, 7) is 2.78. The van der Waals surface area contributed by atoms with Gasteiger partial charge in [0.1, 0.15) is 29.8 Å². The topological polar surface area (TPSA) is 132 Å². The predicted molar refractivity (Wildman–Crippen MR) is 214 cm³/mol. The molecule has 1 amide bonds. The highest BCUT2D eigenvalue weighted by Crippen LogP contribution is 2.57. The highest BCUT2D eigenvalue weighted by atomic mass is 32.1. The molecule has 10 rings (SSSR count). The molecule has 9 unspecified atom stereocenters. The van der Waals surface area contributed by atoms with Gasteiger partial charge >= 0.3 is 6.09 Å². The predicted octanol–water partition coefficient (Wildman–Crippen LogP) is 6.47. The molecule has 4 fully saturated rings. The van der Waals surface area contributed by atoms with Crippen LogP contribution in [-0.2, 0) is 9.47 Å². The number of halogens is 1. The summed E-state index contributed by atoms with van der Waals surface area (Å²) in [5.41, 5.74) is 5.56. The SMILES string of the molecule is COC(=O)NCC(O)N1CCCC1(C)C(S)c1ncc(C2CC3=C(C(F)C2)C2CC4CC(c5cnc(C6C[SiH2]6)[nH]5)=CC=C4N2C(c2ccc(C4CC4)s2)O3)[nH]1. The number of hydrogen-bond donors (Lipinski definition) is 5. The molecule has 55 heavy (non-hydrogen) atoms. The zero-order chi connectivity index (χ0) is 37.6. The molecule has 11 nitrogen and oxygen atoms in total. The minimum absolute atomic E-state index is 0.0364. The van der Waals surface area contributed by atoms with Crippen molar-refractivity contribution in [2.45, 2.75) is 117 Å². The number of nitrogens with zero attached hydrogens (tertiary/aromatic N) is 4. The number of carbonyl (C=O) groups is 1. The lowest BCUT2D eigenvalue weighted by Crippen LogP contribution is -2.53. The maximum absolute atomic E-state index is 16.9. The maximum Gasteiger partial charge on any atom is 0.406 e. The molecule has 0 aromatic carbocycles. The lowest BCUT2D eigenvalue weighted by atomic mass is 9.80. The second kappa shape index (κ2) is 13.9. The van der Waals surface area contributed by atoms with Crippen LogP contribution in [0.3, 0.4) is 0 Å². The fourth-order valence-electron chi connectivity index (χ4n) is 10.0. The van der Waals surface area contributed by atoms with Crippen molar-refractivity contribution in [3.63, 3.8) is 0 Å². The average Bonchev–Trinajstić information content (AvgIpc) is 3.86. The van der Waals surface area contributed by atoms with Crippen molar-refractivity contribution in [1.82, 2.24) is 35.1 Å². The van der Waals surface area contributed by atoms with E-state index in [0.29, 0.717) is 36.7 Å². The van der Waals surface area contributed by atoms with Crippen molar-refractivity contribution in [1.29, 1.82) is 0 Å². The third-order valence-corrected chi connectivity index (χ3v) is 16.9. The maximum atomic E-state index is 16.9. The number of aromatic amines is 2. The van der Waals surface area contributed by atoms with Gasteiger partial charge in [-0.25, -0.2) is 19.2 Å². The molecule has 0 spiro atoms. The van der Waals surface area contributed by atoms with E-state index < -0.39 is 24.0 Å². The number of amides is 1. The average molecular weight is 804 g/mol. The highest BCUT2D eigenvalue weighted by Gasteiger charge is 2.52. The second-order valence-corrected chi connectivity index (χ2v) is 20.7. The summed E-state index contributed by atoms with van der Waals surface area (Å²) in [7, 11) is 1.34. The number of methoxy groups -OCH3 is 1. The number of alkyl halides is 1. The van der Waals surface area contributed by atoms with Crippen LogP contribution in [0.5, 0.6) is 0 Å². The Morgan fingerprint density at radius 2 is 2.02 bits per heavy atom. The van der Waals surface area contributed by atoms with Crippen LogP contribution >= 0.6 is 24.0 Å². The molecule has 3 saturated heterocycles. The van der Waals surface area contributed by atoms with Crippen LogP contribution in [-0.4, -0.2) is 94.6 Å². The van der Waals surface area contributed by atoms with Gasteiger partial charge in [-0.05, 0) is 81.6 Å². The number of carbonyl (C=O) groups excluding carboxylic acids is 1. The largest absolute Gasteiger partial charge is 0.470 e. The Kier molecular flexibility index (Phi) is 9.11. The van der Waals surface area contributed by atoms with Gasteiger partial charge in [0.15, 0.2) is 0 Å². The standard InChI is InChI=1S/C40H50FN7O4S2Si/c1-40(10-3-11-47(40)33(49)18-44-39(50)51-2)35(53)37-43-17-26(46-37)22-13-24(41)34-28-14-23-12-21(25-16-42-36(45-25)32-19-55-32)6-7-27(23)48(28)38(52-29(34)15-22)31-9-8-30(54-31)20-4-5-20/h6-9,16-17,20,22-24,28,32-33,35,38,49,53H,3-5,10-15,18-19,55H2,1-2H3,(H,42,45)(H,43,46)(H,44,50). The first kappa shape index (κ1) is 36.0. The number of aromatic nitrogens is 4. The van der Waals surface area contributed by atoms with Crippen LogP contribution in [0.25, 0.3) is 5.57 Å². The Morgan fingerprint density at radius 1 is 1.18 bits per heavy atom. The lowest BCUT2D eigenvalue weighted by molar-refractivity contribution is -0.0464. The summed E-state index contributed by atoms with van der Waals surface area (Å²) in [6.07, 6.45) is 12.4. The fourth-order valence-corrected chi connectivity index (χ4v) is 12.5. The van der Waals surface area contributed by atoms with Gasteiger partial charge in [0.05, 0.1) is 41.7 Å². The molecule has 4 aliphatic heterocycles. The number of ether oxygens (including phenoxy) is 2. The monoisotopic (exact) mass is 803 g/mol. The van der Waals surface area contributed by atoms with E-state index in [0.717, 1.165) is 48.4 Å². The second-order valence-electron chi connectivity index (χ2n) is 16.9. The Balaban J connectivity index is 0.907. The smallest absolute Gasteiger partial charge is 0.406 e. The third kappa shape index (κ3) is 6.41. The first-order valence-electron chi connectivity index (χ1n) is 20.1. The van der Waals surface area contributed by atoms with Crippen molar-refractivity contribution in [2.75, 3.05) is 20.2 Å². The molecule has 3 aromatic heterocycles. The number of imidazole rings is 2. The summed E-state index contributed by atoms with van der Waals surface area (Å²) in [4.78, 5) is 35.4. The molecular weight excluding hydrogens is 754 g/mol. The summed E-state index contributed by atoms with van der Waals surface area (Å²) in [5.74, 6) is 3.47. The number of hydrogen-bond acceptors (Lipinski definition) is 10. The van der Waals surface area contributed by atoms with Crippen LogP contribution in [0.2, 0.25) is 6.04 Å². The number of thiol groups is 1. The molecular formula is C40H50FN7O4S2Si. The first-order valence-corrected chi connectivity index (χ1v) is 23.2. The number of fused-ring (bicyclic) bond motifs is 4. The van der Waals surface area contributed by atoms with Crippen molar-refractivity contribution < 1.29 is 23.8 Å². The molecule has 9 atom stereocenters. The minimum Gasteiger partial charge on any atom is -0.470 e. The molecule has 7 aliphatic rings. The summed E-state index contributed by atoms with van der Waals surface area (Å²) >= 11 is 6.92. The van der Waals surface area contributed by atoms with Gasteiger partial charge in [0.25, 0.3) is 0 Å². The molecule has 3 aromatic rings. The van der Waals surface area contributed by atoms with Gasteiger partial charge in [-0.1, -0.05) is 12.1 Å². The van der Waals surface area contributed by atoms with Crippen molar-refractivity contribution in [3.05, 3.63) is 86.5 Å². The van der Waals surface area contributed by atoms with Crippen molar-refractivity contribution >= 4 is 45.2 Å². The molecule has 1 saturated carbocycles. The van der Waals surface area contributed by atoms with E-state index in [1.807, 2.05) is 28.6 Å². The molecule has 3 aliphatic carbocycles. The Morgan fingerprint density at radius 3 is 2.82 bits per heavy atom. The van der Waals surface area contributed by atoms with Gasteiger partial charge in [-0.3, -0.25) is 4.90 Å². The van der Waals surface area contributed by atoms with Crippen LogP contribution < -0.4 is 5.32 Å². The zero-order valence-corrected chi connectivity index (χ0v) is 34.5. The Labute approximate surface area is 332 Å². The normalized spacial score (nSPS) is 33.0. The van der Waals surface area contributed by atoms with Gasteiger partial charge in [0.2, 0.25) is 6.23 Å². The molecule has 0 radical (unpaired) electrons. The number of H-pyrrole nitrogens is 2. The Hall–Kier alpha value is -3.37. The number of alkyl carbamates (subject to hydrolysis) is 1. The van der Waals surface area contributed by atoms with Gasteiger partial charge in [-0.15, -0.1) is 11.3 Å². The van der Waals surface area contributed by atoms with E-state index in [4.69, 9.17) is 27.3 Å².